The number of Topliss-reactive ketones (excluding diaryl/α,β-unsaturated/α-hetero) is 1. The van der Waals surface area contributed by atoms with Crippen LogP contribution >= 0.6 is 0 Å². The Morgan fingerprint density at radius 3 is 2.66 bits per heavy atom. The van der Waals surface area contributed by atoms with Crippen molar-refractivity contribution in [2.75, 3.05) is 13.2 Å². The lowest BCUT2D eigenvalue weighted by atomic mass is 9.99. The zero-order valence-corrected chi connectivity index (χ0v) is 15.9. The van der Waals surface area contributed by atoms with Crippen LogP contribution in [-0.4, -0.2) is 34.7 Å². The number of hydrogen-bond donors (Lipinski definition) is 0. The number of pyridine rings is 1. The molecule has 2 aliphatic rings. The molecule has 0 bridgehead atoms. The molecular formula is C24H20N2O3. The molecule has 1 aromatic heterocycles. The summed E-state index contributed by atoms with van der Waals surface area (Å²) in [5.74, 6) is 0.640. The fourth-order valence-electron chi connectivity index (χ4n) is 4.20. The first-order valence-electron chi connectivity index (χ1n) is 9.83. The van der Waals surface area contributed by atoms with Gasteiger partial charge in [-0.3, -0.25) is 9.59 Å². The lowest BCUT2D eigenvalue weighted by Gasteiger charge is -2.22. The van der Waals surface area contributed by atoms with E-state index in [0.717, 1.165) is 22.3 Å². The maximum atomic E-state index is 13.4. The third-order valence-corrected chi connectivity index (χ3v) is 5.65. The van der Waals surface area contributed by atoms with Crippen molar-refractivity contribution >= 4 is 11.7 Å². The minimum atomic E-state index is -0.0594. The first-order chi connectivity index (χ1) is 14.2. The Bertz CT molecular complexity index is 1110. The van der Waals surface area contributed by atoms with Crippen LogP contribution in [0.15, 0.2) is 60.8 Å². The number of ketones is 1. The first kappa shape index (κ1) is 17.6. The lowest BCUT2D eigenvalue weighted by Crippen LogP contribution is -2.33. The number of carbonyl (C=O) groups excluding carboxylic acids is 2. The van der Waals surface area contributed by atoms with Crippen LogP contribution in [0, 0.1) is 0 Å². The molecule has 0 spiro atoms. The molecule has 3 aromatic rings. The zero-order valence-electron chi connectivity index (χ0n) is 15.9. The summed E-state index contributed by atoms with van der Waals surface area (Å²) in [7, 11) is 0. The van der Waals surface area contributed by atoms with Gasteiger partial charge in [0, 0.05) is 29.3 Å². The molecule has 2 heterocycles. The minimum absolute atomic E-state index is 0.0594. The molecule has 0 atom stereocenters. The van der Waals surface area contributed by atoms with E-state index in [0.29, 0.717) is 49.5 Å². The lowest BCUT2D eigenvalue weighted by molar-refractivity contribution is 0.0732. The molecule has 0 fully saturated rings. The third kappa shape index (κ3) is 3.09. The monoisotopic (exact) mass is 384 g/mol. The Balaban J connectivity index is 1.53. The van der Waals surface area contributed by atoms with E-state index in [1.807, 2.05) is 48.5 Å². The fourth-order valence-corrected chi connectivity index (χ4v) is 4.20. The summed E-state index contributed by atoms with van der Waals surface area (Å²) >= 11 is 0. The van der Waals surface area contributed by atoms with Crippen molar-refractivity contribution in [2.24, 2.45) is 0 Å². The quantitative estimate of drug-likeness (QED) is 0.672. The van der Waals surface area contributed by atoms with Gasteiger partial charge < -0.3 is 9.64 Å². The molecule has 0 unspecified atom stereocenters. The van der Waals surface area contributed by atoms with E-state index < -0.39 is 0 Å². The highest BCUT2D eigenvalue weighted by molar-refractivity contribution is 6.05. The summed E-state index contributed by atoms with van der Waals surface area (Å²) in [4.78, 5) is 31.7. The van der Waals surface area contributed by atoms with Crippen molar-refractivity contribution in [2.45, 2.75) is 19.4 Å². The summed E-state index contributed by atoms with van der Waals surface area (Å²) in [5, 5.41) is 0. The van der Waals surface area contributed by atoms with Crippen molar-refractivity contribution in [1.82, 2.24) is 9.88 Å². The molecular weight excluding hydrogens is 364 g/mol. The highest BCUT2D eigenvalue weighted by Crippen LogP contribution is 2.33. The van der Waals surface area contributed by atoms with Crippen molar-refractivity contribution in [3.8, 4) is 17.0 Å². The van der Waals surface area contributed by atoms with Crippen LogP contribution in [0.3, 0.4) is 0 Å². The normalized spacial score (nSPS) is 15.3. The molecule has 1 amide bonds. The van der Waals surface area contributed by atoms with Crippen molar-refractivity contribution < 1.29 is 14.3 Å². The summed E-state index contributed by atoms with van der Waals surface area (Å²) in [6, 6.07) is 17.5. The van der Waals surface area contributed by atoms with E-state index >= 15 is 0 Å². The molecule has 5 nitrogen and oxygen atoms in total. The van der Waals surface area contributed by atoms with Crippen LogP contribution in [0.5, 0.6) is 5.88 Å². The number of nitrogens with zero attached hydrogens (tertiary/aromatic N) is 2. The van der Waals surface area contributed by atoms with E-state index in [4.69, 9.17) is 4.74 Å². The van der Waals surface area contributed by atoms with Gasteiger partial charge in [0.05, 0.1) is 13.1 Å². The number of rotatable bonds is 2. The maximum absolute atomic E-state index is 13.4. The van der Waals surface area contributed by atoms with Gasteiger partial charge in [0.2, 0.25) is 5.88 Å². The van der Waals surface area contributed by atoms with Crippen LogP contribution in [0.25, 0.3) is 11.1 Å². The molecule has 1 aliphatic carbocycles. The van der Waals surface area contributed by atoms with Crippen LogP contribution in [0.4, 0.5) is 0 Å². The Hall–Kier alpha value is -3.47. The van der Waals surface area contributed by atoms with E-state index in [2.05, 4.69) is 4.98 Å². The average molecular weight is 384 g/mol. The Kier molecular flexibility index (Phi) is 4.35. The van der Waals surface area contributed by atoms with Gasteiger partial charge in [-0.05, 0) is 35.2 Å². The first-order valence-corrected chi connectivity index (χ1v) is 9.83. The number of carbonyl (C=O) groups is 2. The zero-order chi connectivity index (χ0) is 19.8. The van der Waals surface area contributed by atoms with Gasteiger partial charge in [-0.15, -0.1) is 0 Å². The highest BCUT2D eigenvalue weighted by Gasteiger charge is 2.29. The number of amides is 1. The molecule has 144 valence electrons. The second-order valence-electron chi connectivity index (χ2n) is 7.34. The molecule has 0 saturated carbocycles. The van der Waals surface area contributed by atoms with Gasteiger partial charge >= 0.3 is 0 Å². The van der Waals surface area contributed by atoms with Crippen molar-refractivity contribution in [1.29, 1.82) is 0 Å². The number of benzene rings is 2. The molecule has 0 saturated heterocycles. The molecule has 5 heteroatoms. The Morgan fingerprint density at radius 2 is 1.79 bits per heavy atom. The van der Waals surface area contributed by atoms with Gasteiger partial charge in [0.15, 0.2) is 5.78 Å². The smallest absolute Gasteiger partial charge is 0.254 e. The molecule has 0 N–H and O–H groups in total. The number of ether oxygens (including phenoxy) is 1. The molecule has 0 radical (unpaired) electrons. The van der Waals surface area contributed by atoms with Crippen LogP contribution in [-0.2, 0) is 13.0 Å². The summed E-state index contributed by atoms with van der Waals surface area (Å²) in [6.45, 7) is 1.28. The molecule has 5 rings (SSSR count). The molecule has 1 aliphatic heterocycles. The summed E-state index contributed by atoms with van der Waals surface area (Å²) < 4.78 is 5.88. The van der Waals surface area contributed by atoms with Crippen molar-refractivity contribution in [3.63, 3.8) is 0 Å². The fraction of sp³-hybridized carbons (Fsp3) is 0.208. The Labute approximate surface area is 169 Å². The molecule has 2 aromatic carbocycles. The van der Waals surface area contributed by atoms with Gasteiger partial charge in [-0.25, -0.2) is 4.98 Å². The van der Waals surface area contributed by atoms with E-state index in [-0.39, 0.29) is 11.7 Å². The number of hydrogen-bond acceptors (Lipinski definition) is 4. The van der Waals surface area contributed by atoms with Gasteiger partial charge in [0.1, 0.15) is 6.61 Å². The topological polar surface area (TPSA) is 59.5 Å². The van der Waals surface area contributed by atoms with Crippen LogP contribution < -0.4 is 4.74 Å². The van der Waals surface area contributed by atoms with E-state index in [1.54, 1.807) is 17.2 Å². The predicted molar refractivity (Wildman–Crippen MR) is 109 cm³/mol. The molecule has 29 heavy (non-hydrogen) atoms. The standard InChI is InChI=1S/C24H20N2O3/c27-22-10-9-18-19(22)7-4-8-20(18)24(28)26-13-14-29-23-21(15-26)17(11-12-25-23)16-5-2-1-3-6-16/h1-8,11-12H,9-10,13-15H2. The maximum Gasteiger partial charge on any atom is 0.254 e. The third-order valence-electron chi connectivity index (χ3n) is 5.65. The second-order valence-corrected chi connectivity index (χ2v) is 7.34. The van der Waals surface area contributed by atoms with E-state index in [9.17, 15) is 9.59 Å². The highest BCUT2D eigenvalue weighted by atomic mass is 16.5. The summed E-state index contributed by atoms with van der Waals surface area (Å²) in [5.41, 5.74) is 5.19. The minimum Gasteiger partial charge on any atom is -0.476 e. The number of aromatic nitrogens is 1. The van der Waals surface area contributed by atoms with Crippen LogP contribution in [0.1, 0.15) is 38.3 Å². The SMILES string of the molecule is O=C1CCc2c1cccc2C(=O)N1CCOc2nccc(-c3ccccc3)c2C1. The number of fused-ring (bicyclic) bond motifs is 2. The summed E-state index contributed by atoms with van der Waals surface area (Å²) in [6.07, 6.45) is 2.86. The largest absolute Gasteiger partial charge is 0.476 e. The van der Waals surface area contributed by atoms with Gasteiger partial charge in [0.25, 0.3) is 5.91 Å². The van der Waals surface area contributed by atoms with E-state index in [1.165, 1.54) is 0 Å². The van der Waals surface area contributed by atoms with Gasteiger partial charge in [-0.1, -0.05) is 42.5 Å². The van der Waals surface area contributed by atoms with Crippen molar-refractivity contribution in [3.05, 3.63) is 83.0 Å². The Morgan fingerprint density at radius 1 is 0.931 bits per heavy atom. The van der Waals surface area contributed by atoms with Gasteiger partial charge in [-0.2, -0.15) is 0 Å². The average Bonchev–Trinajstić information content (AvgIpc) is 3.01. The predicted octanol–water partition coefficient (Wildman–Crippen LogP) is 3.91. The second kappa shape index (κ2) is 7.17. The van der Waals surface area contributed by atoms with Crippen LogP contribution in [0.2, 0.25) is 0 Å².